The van der Waals surface area contributed by atoms with E-state index in [9.17, 15) is 0 Å². The molecule has 8 aliphatic rings. The van der Waals surface area contributed by atoms with E-state index in [1.165, 1.54) is 180 Å². The Bertz CT molecular complexity index is 1510. The Balaban J connectivity index is 0.000000471. The van der Waals surface area contributed by atoms with Gasteiger partial charge in [-0.25, -0.2) is 0 Å². The summed E-state index contributed by atoms with van der Waals surface area (Å²) in [5, 5.41) is 7.40. The minimum absolute atomic E-state index is 0. The number of rotatable bonds is 28. The van der Waals surface area contributed by atoms with Crippen LogP contribution in [0.15, 0.2) is 91.7 Å². The van der Waals surface area contributed by atoms with Gasteiger partial charge in [-0.2, -0.15) is 0 Å². The van der Waals surface area contributed by atoms with Crippen molar-refractivity contribution in [2.45, 2.75) is 308 Å². The number of hydrogen-bond donors (Lipinski definition) is 0. The van der Waals surface area contributed by atoms with Crippen LogP contribution in [0.2, 0.25) is 72.5 Å². The first-order valence-electron chi connectivity index (χ1n) is 30.8. The first-order valence-corrected chi connectivity index (χ1v) is 41.3. The van der Waals surface area contributed by atoms with E-state index < -0.39 is 32.3 Å². The van der Waals surface area contributed by atoms with Gasteiger partial charge in [0, 0.05) is 52.4 Å². The number of hydrogen-bond acceptors (Lipinski definition) is 0. The molecule has 0 N–H and O–H groups in total. The molecule has 0 aromatic heterocycles. The van der Waals surface area contributed by atoms with Gasteiger partial charge < -0.3 is 24.8 Å². The van der Waals surface area contributed by atoms with Gasteiger partial charge in [-0.3, -0.25) is 0 Å². The standard InChI is InChI=1S/4C16H28Si.2ClH.2Zr/c4*1-3-5-8-15-9-10-16(14-15)17(11-6-4-2)12-7-13-17;;;;/h4*10,14H,3-9,11-13H2,1-2H3;2*1H;;/p-2. The molecular weight excluding hydrogens is 1130 g/mol. The van der Waals surface area contributed by atoms with E-state index in [1.807, 2.05) is 20.8 Å². The van der Waals surface area contributed by atoms with Gasteiger partial charge in [-0.15, -0.1) is 0 Å². The van der Waals surface area contributed by atoms with Crippen LogP contribution in [0.5, 0.6) is 0 Å². The van der Waals surface area contributed by atoms with E-state index in [1.54, 1.807) is 94.8 Å². The maximum absolute atomic E-state index is 2.62. The molecule has 0 atom stereocenters. The van der Waals surface area contributed by atoms with Crippen molar-refractivity contribution in [3.05, 3.63) is 91.7 Å². The van der Waals surface area contributed by atoms with Crippen molar-refractivity contribution >= 4 is 32.3 Å². The van der Waals surface area contributed by atoms with Gasteiger partial charge in [0.05, 0.1) is 32.3 Å². The Kier molecular flexibility index (Phi) is 38.2. The molecule has 8 heteroatoms. The van der Waals surface area contributed by atoms with Gasteiger partial charge in [-0.1, -0.05) is 322 Å². The summed E-state index contributed by atoms with van der Waals surface area (Å²) < 4.78 is 0. The van der Waals surface area contributed by atoms with Crippen LogP contribution in [0.3, 0.4) is 0 Å². The van der Waals surface area contributed by atoms with Crippen LogP contribution in [0.1, 0.15) is 235 Å². The Labute approximate surface area is 504 Å². The fraction of sp³-hybridized carbons (Fsp3) is 0.750. The molecule has 0 amide bonds. The summed E-state index contributed by atoms with van der Waals surface area (Å²) in [5.41, 5.74) is 6.93. The summed E-state index contributed by atoms with van der Waals surface area (Å²) in [4.78, 5) is 0. The summed E-state index contributed by atoms with van der Waals surface area (Å²) in [6.07, 6.45) is 59.9. The SMILES string of the molecule is CCCCC1=CC([Si]2(CCCC)CCC2)=CC1.CCCCC1=CC([Si]2(CCCC)CCC2)=CC1.CCCCC1=CC([Si]2(CCCC)CCC2)=CC1.CCCCC1=CC([Si]2(CCCC)CCC2)=CC1.[Cl-].[Cl-].[Zr].[Zr]. The number of halogens is 2. The summed E-state index contributed by atoms with van der Waals surface area (Å²) in [5.74, 6) is 0. The Morgan fingerprint density at radius 2 is 0.472 bits per heavy atom. The quantitative estimate of drug-likeness (QED) is 0.0685. The van der Waals surface area contributed by atoms with E-state index in [2.05, 4.69) is 104 Å². The van der Waals surface area contributed by atoms with Gasteiger partial charge in [-0.05, 0) is 77.0 Å². The molecule has 0 bridgehead atoms. The summed E-state index contributed by atoms with van der Waals surface area (Å²) in [7, 11) is -3.71. The zero-order chi connectivity index (χ0) is 48.6. The van der Waals surface area contributed by atoms with E-state index >= 15 is 0 Å². The second-order valence-electron chi connectivity index (χ2n) is 24.0. The van der Waals surface area contributed by atoms with E-state index in [4.69, 9.17) is 0 Å². The smallest absolute Gasteiger partial charge is 0.0862 e. The van der Waals surface area contributed by atoms with Crippen LogP contribution in [0, 0.1) is 0 Å². The first-order chi connectivity index (χ1) is 33.2. The zero-order valence-corrected chi connectivity index (χ0v) is 59.1. The van der Waals surface area contributed by atoms with Crippen LogP contribution < -0.4 is 24.8 Å². The van der Waals surface area contributed by atoms with E-state index in [0.29, 0.717) is 0 Å². The third kappa shape index (κ3) is 21.0. The topological polar surface area (TPSA) is 0 Å². The minimum atomic E-state index is -0.927. The molecule has 0 aromatic carbocycles. The third-order valence-corrected chi connectivity index (χ3v) is 40.9. The second-order valence-corrected chi connectivity index (χ2v) is 42.6. The number of allylic oxidation sites excluding steroid dienone is 16. The number of unbranched alkanes of at least 4 members (excludes halogenated alkanes) is 8. The van der Waals surface area contributed by atoms with E-state index in [-0.39, 0.29) is 77.2 Å². The van der Waals surface area contributed by atoms with Crippen LogP contribution in [-0.2, 0) is 52.4 Å². The minimum Gasteiger partial charge on any atom is -1.00 e. The van der Waals surface area contributed by atoms with Crippen molar-refractivity contribution < 1.29 is 77.2 Å². The molecule has 0 unspecified atom stereocenters. The van der Waals surface area contributed by atoms with Crippen molar-refractivity contribution in [1.29, 1.82) is 0 Å². The molecule has 0 nitrogen and oxygen atoms in total. The first kappa shape index (κ1) is 71.1. The molecule has 4 saturated heterocycles. The largest absolute Gasteiger partial charge is 1.00 e. The molecule has 4 heterocycles. The van der Waals surface area contributed by atoms with Gasteiger partial charge >= 0.3 is 0 Å². The maximum Gasteiger partial charge on any atom is 0.0862 e. The molecule has 4 fully saturated rings. The third-order valence-electron chi connectivity index (χ3n) is 18.9. The Hall–Kier alpha value is 1.13. The van der Waals surface area contributed by atoms with Crippen LogP contribution >= 0.6 is 0 Å². The van der Waals surface area contributed by atoms with Crippen molar-refractivity contribution in [1.82, 2.24) is 0 Å². The van der Waals surface area contributed by atoms with Crippen LogP contribution in [-0.4, -0.2) is 32.3 Å². The summed E-state index contributed by atoms with van der Waals surface area (Å²) in [6, 6.07) is 19.1. The molecule has 0 radical (unpaired) electrons. The fourth-order valence-electron chi connectivity index (χ4n) is 13.3. The Morgan fingerprint density at radius 1 is 0.292 bits per heavy atom. The summed E-state index contributed by atoms with van der Waals surface area (Å²) >= 11 is 0. The molecule has 0 aromatic rings. The van der Waals surface area contributed by atoms with Crippen molar-refractivity contribution in [2.24, 2.45) is 0 Å². The van der Waals surface area contributed by atoms with E-state index in [0.717, 1.165) is 0 Å². The maximum atomic E-state index is 2.62. The van der Waals surface area contributed by atoms with Crippen molar-refractivity contribution in [2.75, 3.05) is 0 Å². The zero-order valence-electron chi connectivity index (χ0n) is 48.7. The second kappa shape index (κ2) is 38.7. The molecule has 0 saturated carbocycles. The molecule has 408 valence electrons. The van der Waals surface area contributed by atoms with Gasteiger partial charge in [0.2, 0.25) is 0 Å². The monoisotopic (exact) mass is 1240 g/mol. The van der Waals surface area contributed by atoms with Gasteiger partial charge in [0.1, 0.15) is 0 Å². The predicted octanol–water partition coefficient (Wildman–Crippen LogP) is 16.5. The average molecular weight is 1250 g/mol. The fourth-order valence-corrected chi connectivity index (χ4v) is 31.9. The molecule has 4 aliphatic heterocycles. The molecule has 4 aliphatic carbocycles. The average Bonchev–Trinajstić information content (AvgIpc) is 4.15. The van der Waals surface area contributed by atoms with Crippen molar-refractivity contribution in [3.63, 3.8) is 0 Å². The van der Waals surface area contributed by atoms with Crippen LogP contribution in [0.4, 0.5) is 0 Å². The predicted molar refractivity (Wildman–Crippen MR) is 320 cm³/mol. The van der Waals surface area contributed by atoms with Gasteiger partial charge in [0.25, 0.3) is 0 Å². The van der Waals surface area contributed by atoms with Crippen LogP contribution in [0.25, 0.3) is 0 Å². The normalized spacial score (nSPS) is 20.8. The van der Waals surface area contributed by atoms with Gasteiger partial charge in [0.15, 0.2) is 0 Å². The molecular formula is C64H112Cl2Si4Zr2-2. The summed E-state index contributed by atoms with van der Waals surface area (Å²) in [6.45, 7) is 18.6. The molecule has 8 rings (SSSR count). The molecule has 72 heavy (non-hydrogen) atoms. The van der Waals surface area contributed by atoms with Crippen molar-refractivity contribution in [3.8, 4) is 0 Å². The molecule has 0 spiro atoms. The Morgan fingerprint density at radius 3 is 0.611 bits per heavy atom.